The summed E-state index contributed by atoms with van der Waals surface area (Å²) in [6.45, 7) is 2.44. The molecule has 4 radical (unpaired) electrons. The van der Waals surface area contributed by atoms with Crippen LogP contribution in [0.5, 0.6) is 0 Å². The van der Waals surface area contributed by atoms with Gasteiger partial charge < -0.3 is 40.9 Å². The van der Waals surface area contributed by atoms with Crippen molar-refractivity contribution in [1.29, 1.82) is 0 Å². The fourth-order valence-corrected chi connectivity index (χ4v) is 2.16. The number of aliphatic imine (C=N–C) groups is 4. The van der Waals surface area contributed by atoms with Crippen molar-refractivity contribution in [3.63, 3.8) is 0 Å². The molecule has 340 valence electrons. The topological polar surface area (TPSA) is 234 Å². The number of alkyl halides is 12. The van der Waals surface area contributed by atoms with E-state index in [4.69, 9.17) is 0 Å². The Morgan fingerprint density at radius 3 is 0.571 bits per heavy atom. The van der Waals surface area contributed by atoms with Crippen LogP contribution in [0.3, 0.4) is 0 Å². The first kappa shape index (κ1) is 71.6. The van der Waals surface area contributed by atoms with Crippen molar-refractivity contribution in [2.75, 3.05) is 52.6 Å². The average Bonchev–Trinajstić information content (AvgIpc) is 2.99. The minimum atomic E-state index is -4.87. The Morgan fingerprint density at radius 2 is 0.482 bits per heavy atom. The van der Waals surface area contributed by atoms with E-state index < -0.39 is 74.2 Å². The molecule has 0 aliphatic carbocycles. The predicted octanol–water partition coefficient (Wildman–Crippen LogP) is -1.55. The normalized spacial score (nSPS) is 13.8. The molecule has 0 saturated carbocycles. The minimum Gasteiger partial charge on any atom is -0.869 e. The number of halogens is 12. The molecule has 0 N–H and O–H groups in total. The molecule has 0 spiro atoms. The Kier molecular flexibility index (Phi) is 47.6. The van der Waals surface area contributed by atoms with Crippen LogP contribution < -0.4 is 40.9 Å². The van der Waals surface area contributed by atoms with Crippen LogP contribution >= 0.6 is 0 Å². The van der Waals surface area contributed by atoms with Crippen molar-refractivity contribution in [2.45, 2.75) is 52.4 Å². The van der Waals surface area contributed by atoms with E-state index in [1.54, 1.807) is 0 Å². The number of hydrogen-bond acceptors (Lipinski definition) is 12. The largest absolute Gasteiger partial charge is 2.00 e. The van der Waals surface area contributed by atoms with Crippen molar-refractivity contribution in [3.8, 4) is 0 Å². The molecule has 0 heterocycles. The van der Waals surface area contributed by atoms with E-state index in [-0.39, 0.29) is 117 Å². The number of allylic oxidation sites excluding steroid dienone is 8. The van der Waals surface area contributed by atoms with E-state index in [0.717, 1.165) is 0 Å². The van der Waals surface area contributed by atoms with Crippen LogP contribution in [0.1, 0.15) is 27.7 Å². The Hall–Kier alpha value is -2.08. The second-order valence-electron chi connectivity index (χ2n) is 8.93. The van der Waals surface area contributed by atoms with E-state index in [0.29, 0.717) is 24.3 Å². The van der Waals surface area contributed by atoms with Gasteiger partial charge >= 0.3 is 93.0 Å². The SMILES string of the molecule is CC(/C=C(\[O-])C(F)(F)F)=NCC[O-].CC(/C=C(\[O-])C(F)(F)F)=NCC[O-].CC(/C=C(\[O-])C(F)(F)F)=NCC[O-].CC(/C=C(\[O-])C(F)(F)F)=NCC[O-].[Cu+2].[Cu+2].[Cu+2].[Cu+2]. The molecule has 56 heavy (non-hydrogen) atoms. The molecule has 0 saturated heterocycles. The molecule has 0 fully saturated rings. The van der Waals surface area contributed by atoms with Crippen LogP contribution in [0.4, 0.5) is 52.7 Å². The van der Waals surface area contributed by atoms with Crippen LogP contribution in [-0.2, 0) is 68.3 Å². The molecular weight excluding hydrogens is 1000 g/mol. The minimum absolute atomic E-state index is 0. The summed E-state index contributed by atoms with van der Waals surface area (Å²) in [7, 11) is 0. The van der Waals surface area contributed by atoms with Gasteiger partial charge in [-0.15, -0.1) is 26.4 Å². The van der Waals surface area contributed by atoms with Gasteiger partial charge in [0.1, 0.15) is 0 Å². The summed E-state index contributed by atoms with van der Waals surface area (Å²) in [5.41, 5.74) is -0.340. The maximum atomic E-state index is 11.6. The summed E-state index contributed by atoms with van der Waals surface area (Å²) in [6.07, 6.45) is -18.0. The predicted molar refractivity (Wildman–Crippen MR) is 148 cm³/mol. The van der Waals surface area contributed by atoms with Gasteiger partial charge in [0, 0.05) is 49.0 Å². The van der Waals surface area contributed by atoms with Crippen molar-refractivity contribution in [1.82, 2.24) is 0 Å². The van der Waals surface area contributed by atoms with Gasteiger partial charge in [0.15, 0.2) is 0 Å². The summed E-state index contributed by atoms with van der Waals surface area (Å²) in [5.74, 6) is -7.83. The molecule has 0 atom stereocenters. The standard InChI is InChI=1S/4C7H9F3NO2.4Cu/c4*1-5(11-2-3-12)4-6(13)7(8,9)10;;;;/h4*4,13H,2-3H2,1H3;;;;/q4*-1;4*+2/p-4/b4*6-4-,11-5?;;;;. The zero-order valence-electron chi connectivity index (χ0n) is 28.8. The fraction of sp³-hybridized carbons (Fsp3) is 0.571. The van der Waals surface area contributed by atoms with Gasteiger partial charge in [-0.2, -0.15) is 52.7 Å². The number of hydrogen-bond donors (Lipinski definition) is 0. The van der Waals surface area contributed by atoms with Crippen molar-refractivity contribution < 1.29 is 162 Å². The van der Waals surface area contributed by atoms with Gasteiger partial charge in [0.05, 0.1) is 0 Å². The van der Waals surface area contributed by atoms with E-state index in [1.807, 2.05) is 0 Å². The number of rotatable bonds is 12. The molecule has 12 nitrogen and oxygen atoms in total. The van der Waals surface area contributed by atoms with Crippen molar-refractivity contribution in [3.05, 3.63) is 47.3 Å². The smallest absolute Gasteiger partial charge is 0.869 e. The first-order valence-electron chi connectivity index (χ1n) is 13.7. The molecular formula is C28H32Cu4F12N4O8. The van der Waals surface area contributed by atoms with E-state index in [1.165, 1.54) is 27.7 Å². The quantitative estimate of drug-likeness (QED) is 0.0959. The molecule has 0 rings (SSSR count). The van der Waals surface area contributed by atoms with Crippen LogP contribution in [0.15, 0.2) is 67.3 Å². The molecule has 0 bridgehead atoms. The van der Waals surface area contributed by atoms with Gasteiger partial charge in [-0.05, 0) is 75.0 Å². The second kappa shape index (κ2) is 37.2. The van der Waals surface area contributed by atoms with Crippen molar-refractivity contribution in [2.24, 2.45) is 20.0 Å². The Morgan fingerprint density at radius 1 is 0.357 bits per heavy atom. The summed E-state index contributed by atoms with van der Waals surface area (Å²) < 4.78 is 140. The summed E-state index contributed by atoms with van der Waals surface area (Å²) in [5, 5.41) is 80.8. The van der Waals surface area contributed by atoms with Gasteiger partial charge in [0.2, 0.25) is 0 Å². The zero-order valence-corrected chi connectivity index (χ0v) is 32.5. The summed E-state index contributed by atoms with van der Waals surface area (Å²) in [4.78, 5) is 13.7. The Labute approximate surface area is 355 Å². The molecule has 0 aromatic rings. The molecule has 28 heteroatoms. The first-order valence-corrected chi connectivity index (χ1v) is 13.7. The van der Waals surface area contributed by atoms with Gasteiger partial charge in [-0.1, -0.05) is 0 Å². The number of nitrogens with zero attached hydrogens (tertiary/aromatic N) is 4. The van der Waals surface area contributed by atoms with E-state index in [9.17, 15) is 93.5 Å². The van der Waals surface area contributed by atoms with Gasteiger partial charge in [-0.3, -0.25) is 20.0 Å². The third-order valence-electron chi connectivity index (χ3n) is 4.29. The molecule has 0 aliphatic rings. The van der Waals surface area contributed by atoms with Gasteiger partial charge in [0.25, 0.3) is 0 Å². The zero-order chi connectivity index (χ0) is 41.9. The molecule has 0 aromatic carbocycles. The summed E-state index contributed by atoms with van der Waals surface area (Å²) >= 11 is 0. The van der Waals surface area contributed by atoms with Gasteiger partial charge in [-0.25, -0.2) is 0 Å². The Balaban J connectivity index is -0.0000000893. The maximum Gasteiger partial charge on any atom is 2.00 e. The third-order valence-corrected chi connectivity index (χ3v) is 4.29. The van der Waals surface area contributed by atoms with Crippen LogP contribution in [0.25, 0.3) is 0 Å². The summed E-state index contributed by atoms with van der Waals surface area (Å²) in [6, 6.07) is 0. The second-order valence-corrected chi connectivity index (χ2v) is 8.93. The fourth-order valence-electron chi connectivity index (χ4n) is 2.16. The molecule has 0 aliphatic heterocycles. The molecule has 0 aromatic heterocycles. The molecule has 0 amide bonds. The first-order chi connectivity index (χ1) is 23.5. The van der Waals surface area contributed by atoms with Crippen LogP contribution in [0.2, 0.25) is 0 Å². The van der Waals surface area contributed by atoms with Crippen LogP contribution in [-0.4, -0.2) is 100 Å². The Bertz CT molecular complexity index is 1090. The average molecular weight is 1030 g/mol. The third kappa shape index (κ3) is 46.3. The monoisotopic (exact) mass is 1030 g/mol. The van der Waals surface area contributed by atoms with E-state index in [2.05, 4.69) is 20.0 Å². The maximum absolute atomic E-state index is 11.6. The van der Waals surface area contributed by atoms with E-state index >= 15 is 0 Å². The van der Waals surface area contributed by atoms with Crippen LogP contribution in [0, 0.1) is 0 Å². The van der Waals surface area contributed by atoms with Crippen molar-refractivity contribution >= 4 is 22.8 Å². The molecule has 0 unspecified atom stereocenters.